The summed E-state index contributed by atoms with van der Waals surface area (Å²) in [5.41, 5.74) is 2.66. The van der Waals surface area contributed by atoms with Crippen molar-refractivity contribution >= 4 is 50.5 Å². The van der Waals surface area contributed by atoms with E-state index >= 15 is 0 Å². The molecule has 9 nitrogen and oxygen atoms in total. The Kier molecular flexibility index (Phi) is 6.81. The van der Waals surface area contributed by atoms with E-state index in [1.165, 1.54) is 10.9 Å². The Morgan fingerprint density at radius 1 is 1.13 bits per heavy atom. The molecule has 2 aromatic heterocycles. The van der Waals surface area contributed by atoms with Gasteiger partial charge in [0.1, 0.15) is 10.6 Å². The van der Waals surface area contributed by atoms with Crippen molar-refractivity contribution in [2.45, 2.75) is 33.7 Å². The number of aryl methyl sites for hydroxylation is 2. The molecule has 1 N–H and O–H groups in total. The molecule has 0 fully saturated rings. The first-order valence-corrected chi connectivity index (χ1v) is 13.1. The average molecular weight is 531 g/mol. The fourth-order valence-corrected chi connectivity index (χ4v) is 5.51. The first-order valence-electron chi connectivity index (χ1n) is 12.2. The van der Waals surface area contributed by atoms with Crippen molar-refractivity contribution < 1.29 is 19.1 Å². The summed E-state index contributed by atoms with van der Waals surface area (Å²) in [6.45, 7) is 5.83. The van der Waals surface area contributed by atoms with Crippen molar-refractivity contribution in [3.05, 3.63) is 80.7 Å². The molecule has 3 heterocycles. The van der Waals surface area contributed by atoms with Gasteiger partial charge in [0.05, 0.1) is 28.8 Å². The summed E-state index contributed by atoms with van der Waals surface area (Å²) >= 11 is 1.14. The van der Waals surface area contributed by atoms with Crippen LogP contribution < -0.4 is 20.5 Å². The van der Waals surface area contributed by atoms with Crippen LogP contribution in [0.3, 0.4) is 0 Å². The Morgan fingerprint density at radius 2 is 1.92 bits per heavy atom. The number of Topliss-reactive ketones (excluding diaryl/α,β-unsaturated/α-hetero) is 1. The van der Waals surface area contributed by atoms with Crippen LogP contribution >= 0.6 is 11.3 Å². The zero-order valence-corrected chi connectivity index (χ0v) is 22.1. The molecule has 0 bridgehead atoms. The zero-order chi connectivity index (χ0) is 27.0. The number of benzene rings is 2. The highest BCUT2D eigenvalue weighted by atomic mass is 32.1. The summed E-state index contributed by atoms with van der Waals surface area (Å²) in [7, 11) is 0. The lowest BCUT2D eigenvalue weighted by atomic mass is 10.1. The molecular weight excluding hydrogens is 504 g/mol. The maximum atomic E-state index is 13.4. The number of thiophene rings is 1. The van der Waals surface area contributed by atoms with Gasteiger partial charge >= 0.3 is 0 Å². The molecule has 0 saturated heterocycles. The van der Waals surface area contributed by atoms with Gasteiger partial charge in [-0.05, 0) is 55.7 Å². The van der Waals surface area contributed by atoms with Crippen LogP contribution in [0, 0.1) is 13.8 Å². The van der Waals surface area contributed by atoms with Crippen LogP contribution in [-0.4, -0.2) is 40.3 Å². The minimum absolute atomic E-state index is 0.0354. The van der Waals surface area contributed by atoms with Crippen molar-refractivity contribution in [3.63, 3.8) is 0 Å². The van der Waals surface area contributed by atoms with E-state index in [-0.39, 0.29) is 30.7 Å². The second-order valence-electron chi connectivity index (χ2n) is 9.12. The van der Waals surface area contributed by atoms with E-state index in [9.17, 15) is 19.2 Å². The van der Waals surface area contributed by atoms with Crippen LogP contribution in [-0.2, 0) is 11.3 Å². The zero-order valence-electron chi connectivity index (χ0n) is 21.2. The van der Waals surface area contributed by atoms with Crippen molar-refractivity contribution in [2.75, 3.05) is 23.4 Å². The highest BCUT2D eigenvalue weighted by Gasteiger charge is 2.26. The molecule has 194 valence electrons. The Labute approximate surface area is 222 Å². The lowest BCUT2D eigenvalue weighted by molar-refractivity contribution is -0.121. The molecule has 0 radical (unpaired) electrons. The molecule has 0 spiro atoms. The van der Waals surface area contributed by atoms with Gasteiger partial charge in [0.2, 0.25) is 0 Å². The van der Waals surface area contributed by atoms with Gasteiger partial charge in [-0.2, -0.15) is 0 Å². The lowest BCUT2D eigenvalue weighted by Gasteiger charge is -2.29. The van der Waals surface area contributed by atoms with Gasteiger partial charge in [-0.15, -0.1) is 11.3 Å². The van der Waals surface area contributed by atoms with Crippen molar-refractivity contribution in [1.82, 2.24) is 9.55 Å². The number of carbonyl (C=O) groups excluding carboxylic acids is 3. The number of fused-ring (bicyclic) bond motifs is 2. The van der Waals surface area contributed by atoms with E-state index in [2.05, 4.69) is 10.3 Å². The number of aromatic nitrogens is 2. The fourth-order valence-electron chi connectivity index (χ4n) is 4.47. The fraction of sp³-hybridized carbons (Fsp3) is 0.250. The highest BCUT2D eigenvalue weighted by Crippen LogP contribution is 2.33. The molecule has 0 saturated carbocycles. The predicted octanol–water partition coefficient (Wildman–Crippen LogP) is 4.35. The number of ether oxygens (including phenoxy) is 1. The van der Waals surface area contributed by atoms with E-state index in [1.54, 1.807) is 30.0 Å². The van der Waals surface area contributed by atoms with Gasteiger partial charge in [-0.3, -0.25) is 23.7 Å². The molecule has 1 aliphatic rings. The topological polar surface area (TPSA) is 111 Å². The van der Waals surface area contributed by atoms with Gasteiger partial charge in [-0.1, -0.05) is 25.1 Å². The molecule has 0 atom stereocenters. The molecule has 5 rings (SSSR count). The Hall–Kier alpha value is -4.31. The van der Waals surface area contributed by atoms with Crippen LogP contribution in [0.4, 0.5) is 11.4 Å². The number of hydrogen-bond donors (Lipinski definition) is 1. The predicted molar refractivity (Wildman–Crippen MR) is 147 cm³/mol. The van der Waals surface area contributed by atoms with Crippen molar-refractivity contribution in [3.8, 4) is 5.75 Å². The quantitative estimate of drug-likeness (QED) is 0.356. The number of amides is 2. The first-order chi connectivity index (χ1) is 18.3. The largest absolute Gasteiger partial charge is 0.482 e. The molecule has 2 amide bonds. The minimum Gasteiger partial charge on any atom is -0.482 e. The Balaban J connectivity index is 1.42. The number of ketones is 1. The smallest absolute Gasteiger partial charge is 0.266 e. The van der Waals surface area contributed by atoms with E-state index in [0.29, 0.717) is 49.9 Å². The molecule has 1 aliphatic heterocycles. The standard InChI is InChI=1S/C28H26N4O5S/c1-4-11-32-20-12-18(9-10-22(20)37-14-23(32)34)21(33)13-31-15-29-27-24(28(31)36)17(3)25(38-27)26(35)30-19-8-6-5-7-16(19)2/h5-10,12,15H,4,11,13-14H2,1-3H3,(H,30,35). The number of anilines is 2. The van der Waals surface area contributed by atoms with Gasteiger partial charge in [-0.25, -0.2) is 4.98 Å². The lowest BCUT2D eigenvalue weighted by Crippen LogP contribution is -2.39. The minimum atomic E-state index is -0.392. The third-order valence-electron chi connectivity index (χ3n) is 6.50. The number of nitrogens with zero attached hydrogens (tertiary/aromatic N) is 3. The first kappa shape index (κ1) is 25.3. The number of nitrogens with one attached hydrogen (secondary N) is 1. The monoisotopic (exact) mass is 530 g/mol. The van der Waals surface area contributed by atoms with Gasteiger partial charge in [0, 0.05) is 17.8 Å². The summed E-state index contributed by atoms with van der Waals surface area (Å²) < 4.78 is 6.76. The third-order valence-corrected chi connectivity index (χ3v) is 7.70. The second kappa shape index (κ2) is 10.2. The molecular formula is C28H26N4O5S. The van der Waals surface area contributed by atoms with Crippen LogP contribution in [0.25, 0.3) is 10.2 Å². The SMILES string of the molecule is CCCN1C(=O)COc2ccc(C(=O)Cn3cnc4sc(C(=O)Nc5ccccc5C)c(C)c4c3=O)cc21. The third kappa shape index (κ3) is 4.58. The maximum Gasteiger partial charge on any atom is 0.266 e. The summed E-state index contributed by atoms with van der Waals surface area (Å²) in [5.74, 6) is -0.245. The summed E-state index contributed by atoms with van der Waals surface area (Å²) in [6.07, 6.45) is 2.09. The van der Waals surface area contributed by atoms with Gasteiger partial charge in [0.25, 0.3) is 17.4 Å². The Morgan fingerprint density at radius 3 is 2.68 bits per heavy atom. The van der Waals surface area contributed by atoms with Gasteiger partial charge in [0.15, 0.2) is 12.4 Å². The van der Waals surface area contributed by atoms with E-state index < -0.39 is 5.56 Å². The van der Waals surface area contributed by atoms with Crippen molar-refractivity contribution in [1.29, 1.82) is 0 Å². The number of rotatable bonds is 7. The normalized spacial score (nSPS) is 12.8. The van der Waals surface area contributed by atoms with Crippen LogP contribution in [0.1, 0.15) is 44.5 Å². The average Bonchev–Trinajstić information content (AvgIpc) is 3.25. The summed E-state index contributed by atoms with van der Waals surface area (Å²) in [4.78, 5) is 58.7. The Bertz CT molecular complexity index is 1650. The molecule has 0 aliphatic carbocycles. The maximum absolute atomic E-state index is 13.4. The van der Waals surface area contributed by atoms with Crippen LogP contribution in [0.15, 0.2) is 53.6 Å². The molecule has 38 heavy (non-hydrogen) atoms. The van der Waals surface area contributed by atoms with Gasteiger partial charge < -0.3 is 15.0 Å². The number of para-hydroxylation sites is 1. The van der Waals surface area contributed by atoms with E-state index in [0.717, 1.165) is 23.3 Å². The molecule has 10 heteroatoms. The number of hydrogen-bond acceptors (Lipinski definition) is 7. The van der Waals surface area contributed by atoms with Crippen LogP contribution in [0.2, 0.25) is 0 Å². The molecule has 4 aromatic rings. The summed E-state index contributed by atoms with van der Waals surface area (Å²) in [6, 6.07) is 12.4. The highest BCUT2D eigenvalue weighted by molar-refractivity contribution is 7.20. The van der Waals surface area contributed by atoms with E-state index in [1.807, 2.05) is 38.1 Å². The molecule has 0 unspecified atom stereocenters. The van der Waals surface area contributed by atoms with Crippen LogP contribution in [0.5, 0.6) is 5.75 Å². The second-order valence-corrected chi connectivity index (χ2v) is 10.1. The molecule has 2 aromatic carbocycles. The van der Waals surface area contributed by atoms with E-state index in [4.69, 9.17) is 4.74 Å². The van der Waals surface area contributed by atoms with Crippen molar-refractivity contribution in [2.24, 2.45) is 0 Å². The number of carbonyl (C=O) groups is 3. The summed E-state index contributed by atoms with van der Waals surface area (Å²) in [5, 5.41) is 3.22.